The Labute approximate surface area is 127 Å². The molecule has 5 heteroatoms. The van der Waals surface area contributed by atoms with Gasteiger partial charge in [-0.05, 0) is 37.3 Å². The summed E-state index contributed by atoms with van der Waals surface area (Å²) in [4.78, 5) is 16.7. The van der Waals surface area contributed by atoms with Gasteiger partial charge in [0.25, 0.3) is 5.91 Å². The van der Waals surface area contributed by atoms with E-state index in [9.17, 15) is 4.79 Å². The number of anilines is 1. The SMILES string of the molecule is CCC(C)CC(C)NC(=O)c1cc(NN)nc(C(C)C)c1. The van der Waals surface area contributed by atoms with Gasteiger partial charge in [0.2, 0.25) is 0 Å². The maximum atomic E-state index is 12.4. The first kappa shape index (κ1) is 17.4. The van der Waals surface area contributed by atoms with Gasteiger partial charge in [-0.25, -0.2) is 10.8 Å². The summed E-state index contributed by atoms with van der Waals surface area (Å²) in [5.41, 5.74) is 3.97. The molecule has 0 spiro atoms. The molecule has 0 aliphatic rings. The Bertz CT molecular complexity index is 473. The summed E-state index contributed by atoms with van der Waals surface area (Å²) in [6.45, 7) is 10.5. The third-order valence-corrected chi connectivity index (χ3v) is 3.68. The quantitative estimate of drug-likeness (QED) is 0.533. The average Bonchev–Trinajstić information content (AvgIpc) is 2.46. The Morgan fingerprint density at radius 2 is 1.95 bits per heavy atom. The van der Waals surface area contributed by atoms with Crippen LogP contribution in [-0.2, 0) is 0 Å². The summed E-state index contributed by atoms with van der Waals surface area (Å²) in [6.07, 6.45) is 2.10. The van der Waals surface area contributed by atoms with Crippen molar-refractivity contribution in [3.8, 4) is 0 Å². The minimum atomic E-state index is -0.0772. The third kappa shape index (κ3) is 5.34. The largest absolute Gasteiger partial charge is 0.350 e. The van der Waals surface area contributed by atoms with Crippen LogP contribution in [0.15, 0.2) is 12.1 Å². The Balaban J connectivity index is 2.84. The predicted molar refractivity (Wildman–Crippen MR) is 87.1 cm³/mol. The number of carbonyl (C=O) groups excluding carboxylic acids is 1. The van der Waals surface area contributed by atoms with E-state index in [1.165, 1.54) is 0 Å². The molecule has 1 amide bonds. The van der Waals surface area contributed by atoms with Crippen LogP contribution >= 0.6 is 0 Å². The lowest BCUT2D eigenvalue weighted by molar-refractivity contribution is 0.0935. The minimum Gasteiger partial charge on any atom is -0.350 e. The first-order valence-electron chi connectivity index (χ1n) is 7.66. The molecule has 2 unspecified atom stereocenters. The number of nitrogen functional groups attached to an aromatic ring is 1. The molecule has 0 aliphatic carbocycles. The van der Waals surface area contributed by atoms with Gasteiger partial charge < -0.3 is 10.7 Å². The maximum Gasteiger partial charge on any atom is 0.251 e. The minimum absolute atomic E-state index is 0.0772. The van der Waals surface area contributed by atoms with Gasteiger partial charge in [0, 0.05) is 17.3 Å². The van der Waals surface area contributed by atoms with Crippen LogP contribution in [0.1, 0.15) is 69.4 Å². The molecule has 0 radical (unpaired) electrons. The van der Waals surface area contributed by atoms with Crippen molar-refractivity contribution >= 4 is 11.7 Å². The van der Waals surface area contributed by atoms with Crippen molar-refractivity contribution in [3.05, 3.63) is 23.4 Å². The maximum absolute atomic E-state index is 12.4. The fourth-order valence-electron chi connectivity index (χ4n) is 2.19. The smallest absolute Gasteiger partial charge is 0.251 e. The van der Waals surface area contributed by atoms with Gasteiger partial charge in [-0.3, -0.25) is 4.79 Å². The van der Waals surface area contributed by atoms with Crippen LogP contribution < -0.4 is 16.6 Å². The number of nitrogens with one attached hydrogen (secondary N) is 2. The highest BCUT2D eigenvalue weighted by Gasteiger charge is 2.15. The summed E-state index contributed by atoms with van der Waals surface area (Å²) in [6, 6.07) is 3.66. The molecule has 2 atom stereocenters. The molecule has 0 bridgehead atoms. The van der Waals surface area contributed by atoms with E-state index in [4.69, 9.17) is 5.84 Å². The number of aromatic nitrogens is 1. The zero-order valence-electron chi connectivity index (χ0n) is 13.7. The number of hydrazine groups is 1. The Hall–Kier alpha value is -1.62. The van der Waals surface area contributed by atoms with Crippen LogP contribution in [0.4, 0.5) is 5.82 Å². The summed E-state index contributed by atoms with van der Waals surface area (Å²) < 4.78 is 0. The zero-order chi connectivity index (χ0) is 16.0. The first-order valence-corrected chi connectivity index (χ1v) is 7.66. The van der Waals surface area contributed by atoms with Gasteiger partial charge >= 0.3 is 0 Å². The van der Waals surface area contributed by atoms with Crippen molar-refractivity contribution in [3.63, 3.8) is 0 Å². The van der Waals surface area contributed by atoms with Crippen molar-refractivity contribution < 1.29 is 4.79 Å². The van der Waals surface area contributed by atoms with Gasteiger partial charge in [-0.1, -0.05) is 34.1 Å². The molecule has 0 aromatic carbocycles. The molecule has 1 heterocycles. The van der Waals surface area contributed by atoms with Crippen molar-refractivity contribution in [2.45, 2.75) is 59.4 Å². The van der Waals surface area contributed by atoms with Crippen LogP contribution in [-0.4, -0.2) is 16.9 Å². The third-order valence-electron chi connectivity index (χ3n) is 3.68. The summed E-state index contributed by atoms with van der Waals surface area (Å²) in [7, 11) is 0. The van der Waals surface area contributed by atoms with E-state index in [0.717, 1.165) is 18.5 Å². The first-order chi connectivity index (χ1) is 9.87. The normalized spacial score (nSPS) is 13.9. The highest BCUT2D eigenvalue weighted by molar-refractivity contribution is 5.95. The van der Waals surface area contributed by atoms with Crippen LogP contribution in [0.5, 0.6) is 0 Å². The number of nitrogens with zero attached hydrogens (tertiary/aromatic N) is 1. The van der Waals surface area contributed by atoms with E-state index >= 15 is 0 Å². The van der Waals surface area contributed by atoms with Gasteiger partial charge in [-0.15, -0.1) is 0 Å². The Kier molecular flexibility index (Phi) is 6.62. The predicted octanol–water partition coefficient (Wildman–Crippen LogP) is 3.05. The lowest BCUT2D eigenvalue weighted by Gasteiger charge is -2.18. The molecule has 1 aromatic heterocycles. The van der Waals surface area contributed by atoms with Gasteiger partial charge in [-0.2, -0.15) is 0 Å². The van der Waals surface area contributed by atoms with E-state index in [2.05, 4.69) is 29.6 Å². The fourth-order valence-corrected chi connectivity index (χ4v) is 2.19. The lowest BCUT2D eigenvalue weighted by atomic mass is 10.00. The van der Waals surface area contributed by atoms with E-state index in [0.29, 0.717) is 17.3 Å². The number of amides is 1. The number of carbonyl (C=O) groups is 1. The summed E-state index contributed by atoms with van der Waals surface area (Å²) in [5, 5.41) is 3.04. The molecule has 0 saturated carbocycles. The van der Waals surface area contributed by atoms with Crippen LogP contribution in [0, 0.1) is 5.92 Å². The van der Waals surface area contributed by atoms with Crippen molar-refractivity contribution in [1.29, 1.82) is 0 Å². The molecule has 118 valence electrons. The van der Waals surface area contributed by atoms with E-state index in [-0.39, 0.29) is 17.9 Å². The molecular weight excluding hydrogens is 264 g/mol. The second-order valence-corrected chi connectivity index (χ2v) is 6.09. The standard InChI is InChI=1S/C16H28N4O/c1-6-11(4)7-12(5)18-16(21)13-8-14(10(2)3)19-15(9-13)20-17/h8-12H,6-7,17H2,1-5H3,(H,18,21)(H,19,20). The molecule has 1 aromatic rings. The topological polar surface area (TPSA) is 80.0 Å². The van der Waals surface area contributed by atoms with E-state index in [1.54, 1.807) is 6.07 Å². The molecule has 0 aliphatic heterocycles. The van der Waals surface area contributed by atoms with Gasteiger partial charge in [0.05, 0.1) is 0 Å². The highest BCUT2D eigenvalue weighted by Crippen LogP contribution is 2.17. The number of hydrogen-bond acceptors (Lipinski definition) is 4. The Morgan fingerprint density at radius 1 is 1.29 bits per heavy atom. The number of hydrogen-bond donors (Lipinski definition) is 3. The molecule has 0 fully saturated rings. The van der Waals surface area contributed by atoms with Crippen molar-refractivity contribution in [2.75, 3.05) is 5.43 Å². The van der Waals surface area contributed by atoms with Crippen LogP contribution in [0.2, 0.25) is 0 Å². The van der Waals surface area contributed by atoms with Crippen molar-refractivity contribution in [1.82, 2.24) is 10.3 Å². The molecule has 0 saturated heterocycles. The van der Waals surface area contributed by atoms with E-state index < -0.39 is 0 Å². The van der Waals surface area contributed by atoms with Gasteiger partial charge in [0.15, 0.2) is 0 Å². The summed E-state index contributed by atoms with van der Waals surface area (Å²) in [5.74, 6) is 6.71. The second kappa shape index (κ2) is 7.98. The number of pyridine rings is 1. The monoisotopic (exact) mass is 292 g/mol. The number of nitrogens with two attached hydrogens (primary N) is 1. The zero-order valence-corrected chi connectivity index (χ0v) is 13.7. The highest BCUT2D eigenvalue weighted by atomic mass is 16.1. The fraction of sp³-hybridized carbons (Fsp3) is 0.625. The Morgan fingerprint density at radius 3 is 2.48 bits per heavy atom. The van der Waals surface area contributed by atoms with E-state index in [1.807, 2.05) is 26.8 Å². The second-order valence-electron chi connectivity index (χ2n) is 6.09. The molecule has 1 rings (SSSR count). The molecule has 21 heavy (non-hydrogen) atoms. The number of rotatable bonds is 7. The van der Waals surface area contributed by atoms with Gasteiger partial charge in [0.1, 0.15) is 5.82 Å². The molecule has 5 nitrogen and oxygen atoms in total. The molecule has 4 N–H and O–H groups in total. The van der Waals surface area contributed by atoms with Crippen LogP contribution in [0.3, 0.4) is 0 Å². The lowest BCUT2D eigenvalue weighted by Crippen LogP contribution is -2.34. The average molecular weight is 292 g/mol. The van der Waals surface area contributed by atoms with Crippen molar-refractivity contribution in [2.24, 2.45) is 11.8 Å². The van der Waals surface area contributed by atoms with Crippen LogP contribution in [0.25, 0.3) is 0 Å². The molecular formula is C16H28N4O. The summed E-state index contributed by atoms with van der Waals surface area (Å²) >= 11 is 0.